The topological polar surface area (TPSA) is 78.9 Å². The average Bonchev–Trinajstić information content (AvgIpc) is 2.99. The van der Waals surface area contributed by atoms with Gasteiger partial charge in [0.05, 0.1) is 5.69 Å². The number of rotatable bonds is 3. The molecule has 174 valence electrons. The molecule has 1 N–H and O–H groups in total. The molecule has 5 nitrogen and oxygen atoms in total. The van der Waals surface area contributed by atoms with Gasteiger partial charge < -0.3 is 5.11 Å². The summed E-state index contributed by atoms with van der Waals surface area (Å²) in [6, 6.07) is 2.00. The molecule has 3 aromatic rings. The van der Waals surface area contributed by atoms with Crippen molar-refractivity contribution in [1.29, 1.82) is 5.26 Å². The molecule has 0 saturated heterocycles. The molecule has 3 rings (SSSR count). The maximum absolute atomic E-state index is 14.3. The average molecular weight is 545 g/mol. The summed E-state index contributed by atoms with van der Waals surface area (Å²) in [5, 5.41) is 22.2. The summed E-state index contributed by atoms with van der Waals surface area (Å²) in [5.41, 5.74) is -8.16. The fourth-order valence-corrected chi connectivity index (χ4v) is 2.95. The van der Waals surface area contributed by atoms with Gasteiger partial charge in [0.15, 0.2) is 23.3 Å². The molecule has 15 heteroatoms. The summed E-state index contributed by atoms with van der Waals surface area (Å²) < 4.78 is 122. The van der Waals surface area contributed by atoms with Crippen molar-refractivity contribution >= 4 is 5.78 Å². The van der Waals surface area contributed by atoms with Crippen molar-refractivity contribution in [2.75, 3.05) is 0 Å². The Kier molecular flexibility index (Phi) is 7.18. The number of aromatic hydroxyl groups is 1. The van der Waals surface area contributed by atoms with E-state index in [4.69, 9.17) is 5.26 Å². The van der Waals surface area contributed by atoms with Gasteiger partial charge in [0.25, 0.3) is 0 Å². The van der Waals surface area contributed by atoms with Crippen molar-refractivity contribution in [2.24, 2.45) is 0 Å². The summed E-state index contributed by atoms with van der Waals surface area (Å²) in [6.07, 6.45) is -5.82. The number of ketones is 1. The van der Waals surface area contributed by atoms with Crippen molar-refractivity contribution in [1.82, 2.24) is 9.78 Å². The maximum atomic E-state index is 14.3. The van der Waals surface area contributed by atoms with Crippen LogP contribution in [0.1, 0.15) is 32.7 Å². The van der Waals surface area contributed by atoms with E-state index in [0.29, 0.717) is 12.1 Å². The minimum absolute atomic E-state index is 0. The zero-order valence-electron chi connectivity index (χ0n) is 16.5. The SMILES string of the molecule is Cc1nn(-c2c(F)c(F)c(C(F)(F)F)c(F)c2F)c(O)c1C(=O)c1cc(F)c(C#N)c(F)c1.[Zn]. The number of nitriles is 1. The Balaban J connectivity index is 0.00000408. The third kappa shape index (κ3) is 4.13. The Bertz CT molecular complexity index is 1330. The van der Waals surface area contributed by atoms with Gasteiger partial charge >= 0.3 is 6.18 Å². The fourth-order valence-electron chi connectivity index (χ4n) is 2.95. The zero-order valence-corrected chi connectivity index (χ0v) is 19.4. The normalized spacial score (nSPS) is 11.2. The van der Waals surface area contributed by atoms with Crippen LogP contribution in [0.4, 0.5) is 39.5 Å². The van der Waals surface area contributed by atoms with Crippen LogP contribution in [0.15, 0.2) is 12.1 Å². The third-order valence-corrected chi connectivity index (χ3v) is 4.41. The summed E-state index contributed by atoms with van der Waals surface area (Å²) in [5.74, 6) is -16.7. The fraction of sp³-hybridized carbons (Fsp3) is 0.105. The Morgan fingerprint density at radius 3 is 1.88 bits per heavy atom. The first-order chi connectivity index (χ1) is 15.2. The van der Waals surface area contributed by atoms with Crippen LogP contribution in [0.2, 0.25) is 0 Å². The minimum atomic E-state index is -5.82. The predicted molar refractivity (Wildman–Crippen MR) is 89.3 cm³/mol. The Labute approximate surface area is 195 Å². The number of nitrogens with zero attached hydrogens (tertiary/aromatic N) is 3. The summed E-state index contributed by atoms with van der Waals surface area (Å²) in [7, 11) is 0. The van der Waals surface area contributed by atoms with Gasteiger partial charge in [-0.2, -0.15) is 28.2 Å². The van der Waals surface area contributed by atoms with Crippen molar-refractivity contribution in [3.05, 3.63) is 75.0 Å². The molecule has 34 heavy (non-hydrogen) atoms. The van der Waals surface area contributed by atoms with Crippen molar-refractivity contribution in [3.8, 4) is 17.6 Å². The molecule has 0 bridgehead atoms. The maximum Gasteiger partial charge on any atom is 0.422 e. The number of benzene rings is 2. The van der Waals surface area contributed by atoms with E-state index in [2.05, 4.69) is 5.10 Å². The van der Waals surface area contributed by atoms with Gasteiger partial charge in [-0.25, -0.2) is 26.3 Å². The Morgan fingerprint density at radius 1 is 1.00 bits per heavy atom. The molecule has 1 heterocycles. The van der Waals surface area contributed by atoms with E-state index in [1.54, 1.807) is 0 Å². The van der Waals surface area contributed by atoms with E-state index in [9.17, 15) is 49.4 Å². The molecule has 0 aliphatic heterocycles. The predicted octanol–water partition coefficient (Wildman–Crippen LogP) is 4.84. The van der Waals surface area contributed by atoms with Crippen LogP contribution in [0.5, 0.6) is 5.88 Å². The van der Waals surface area contributed by atoms with Gasteiger partial charge in [0.2, 0.25) is 11.7 Å². The number of alkyl halides is 3. The number of aromatic nitrogens is 2. The monoisotopic (exact) mass is 543 g/mol. The summed E-state index contributed by atoms with van der Waals surface area (Å²) in [6.45, 7) is 0.937. The van der Waals surface area contributed by atoms with Gasteiger partial charge in [-0.3, -0.25) is 4.79 Å². The molecule has 1 aromatic heterocycles. The quantitative estimate of drug-likeness (QED) is 0.222. The van der Waals surface area contributed by atoms with Gasteiger partial charge in [-0.1, -0.05) is 0 Å². The molecule has 0 amide bonds. The summed E-state index contributed by atoms with van der Waals surface area (Å²) >= 11 is 0. The zero-order chi connectivity index (χ0) is 25.0. The van der Waals surface area contributed by atoms with Crippen molar-refractivity contribution in [3.63, 3.8) is 0 Å². The van der Waals surface area contributed by atoms with Crippen LogP contribution in [0, 0.1) is 53.2 Å². The number of hydrogen-bond acceptors (Lipinski definition) is 4. The second-order valence-electron chi connectivity index (χ2n) is 6.43. The van der Waals surface area contributed by atoms with E-state index in [-0.39, 0.29) is 24.2 Å². The Morgan fingerprint density at radius 2 is 1.47 bits per heavy atom. The van der Waals surface area contributed by atoms with Crippen LogP contribution in [0.25, 0.3) is 5.69 Å². The molecule has 0 atom stereocenters. The van der Waals surface area contributed by atoms with E-state index in [1.807, 2.05) is 0 Å². The second-order valence-corrected chi connectivity index (χ2v) is 6.43. The molecule has 0 saturated carbocycles. The number of halogens is 9. The van der Waals surface area contributed by atoms with Gasteiger partial charge in [0, 0.05) is 25.0 Å². The van der Waals surface area contributed by atoms with E-state index < -0.39 is 86.4 Å². The largest absolute Gasteiger partial charge is 0.493 e. The number of aryl methyl sites for hydroxylation is 1. The van der Waals surface area contributed by atoms with Crippen LogP contribution in [-0.4, -0.2) is 20.7 Å². The van der Waals surface area contributed by atoms with Crippen molar-refractivity contribution < 1.29 is 68.9 Å². The molecule has 0 fully saturated rings. The molecule has 0 radical (unpaired) electrons. The molecular weight excluding hydrogens is 539 g/mol. The van der Waals surface area contributed by atoms with Gasteiger partial charge in [-0.05, 0) is 19.1 Å². The van der Waals surface area contributed by atoms with Crippen LogP contribution < -0.4 is 0 Å². The molecule has 0 spiro atoms. The van der Waals surface area contributed by atoms with Gasteiger partial charge in [0.1, 0.15) is 40.1 Å². The van der Waals surface area contributed by atoms with Gasteiger partial charge in [-0.15, -0.1) is 0 Å². The molecule has 0 aliphatic carbocycles. The summed E-state index contributed by atoms with van der Waals surface area (Å²) in [4.78, 5) is 12.6. The first-order valence-corrected chi connectivity index (χ1v) is 8.38. The third-order valence-electron chi connectivity index (χ3n) is 4.41. The smallest absolute Gasteiger partial charge is 0.422 e. The standard InChI is InChI=1S/C19H6F9N3O2.Zn/c1-5-10(17(32)6-2-8(20)7(4-29)9(21)3-6)18(33)31(30-5)16-14(24)12(22)11(19(26,27)28)13(23)15(16)25;/h2-3,33H,1H3;. The van der Waals surface area contributed by atoms with Crippen LogP contribution in [0.3, 0.4) is 0 Å². The van der Waals surface area contributed by atoms with E-state index in [1.165, 1.54) is 6.07 Å². The van der Waals surface area contributed by atoms with Crippen LogP contribution >= 0.6 is 0 Å². The van der Waals surface area contributed by atoms with Crippen molar-refractivity contribution in [2.45, 2.75) is 13.1 Å². The van der Waals surface area contributed by atoms with E-state index >= 15 is 0 Å². The number of carbonyl (C=O) groups is 1. The first-order valence-electron chi connectivity index (χ1n) is 8.38. The molecule has 0 unspecified atom stereocenters. The second kappa shape index (κ2) is 9.10. The number of carbonyl (C=O) groups excluding carboxylic acids is 1. The molecule has 0 aliphatic rings. The van der Waals surface area contributed by atoms with E-state index in [0.717, 1.165) is 6.92 Å². The molecule has 2 aromatic carbocycles. The van der Waals surface area contributed by atoms with Crippen LogP contribution in [-0.2, 0) is 25.7 Å². The molecular formula is C19H6F9N3O2Zn. The first kappa shape index (κ1) is 26.9. The minimum Gasteiger partial charge on any atom is -0.493 e. The number of hydrogen-bond donors (Lipinski definition) is 1. The Hall–Kier alpha value is -3.40.